The minimum atomic E-state index is -0.767. The molecule has 4 heterocycles. The third-order valence-corrected chi connectivity index (χ3v) is 8.52. The maximum atomic E-state index is 13.4. The van der Waals surface area contributed by atoms with Gasteiger partial charge in [0.05, 0.1) is 34.2 Å². The number of nitrogens with one attached hydrogen (secondary N) is 3. The van der Waals surface area contributed by atoms with Crippen LogP contribution in [0, 0.1) is 5.41 Å². The predicted octanol–water partition coefficient (Wildman–Crippen LogP) is 5.22. The SMILES string of the molecule is CC1(c2cccc(-c3ccccc3)c2)N=C(Nc2cncc(N3CCC4(CCNCC4)C3=O)c2)NC=C1Cl. The Morgan fingerprint density at radius 2 is 1.76 bits per heavy atom. The summed E-state index contributed by atoms with van der Waals surface area (Å²) in [6.45, 7) is 4.52. The van der Waals surface area contributed by atoms with Crippen molar-refractivity contribution in [3.63, 3.8) is 0 Å². The molecular weight excluding hydrogens is 496 g/mol. The van der Waals surface area contributed by atoms with Crippen LogP contribution in [-0.2, 0) is 10.3 Å². The second-order valence-electron chi connectivity index (χ2n) is 10.4. The third-order valence-electron chi connectivity index (χ3n) is 8.04. The predicted molar refractivity (Wildman–Crippen MR) is 153 cm³/mol. The van der Waals surface area contributed by atoms with Crippen molar-refractivity contribution < 1.29 is 4.79 Å². The molecule has 7 nitrogen and oxygen atoms in total. The Morgan fingerprint density at radius 1 is 0.974 bits per heavy atom. The van der Waals surface area contributed by atoms with E-state index < -0.39 is 5.54 Å². The van der Waals surface area contributed by atoms with Crippen molar-refractivity contribution in [1.29, 1.82) is 0 Å². The van der Waals surface area contributed by atoms with Gasteiger partial charge in [0.15, 0.2) is 0 Å². The zero-order chi connectivity index (χ0) is 26.2. The van der Waals surface area contributed by atoms with Gasteiger partial charge in [-0.15, -0.1) is 0 Å². The third kappa shape index (κ3) is 4.46. The van der Waals surface area contributed by atoms with E-state index >= 15 is 0 Å². The number of halogens is 1. The summed E-state index contributed by atoms with van der Waals surface area (Å²) >= 11 is 6.73. The number of hydrogen-bond donors (Lipinski definition) is 3. The monoisotopic (exact) mass is 526 g/mol. The lowest BCUT2D eigenvalue weighted by Gasteiger charge is -2.32. The molecule has 1 atom stereocenters. The van der Waals surface area contributed by atoms with Gasteiger partial charge in [-0.05, 0) is 68.1 Å². The highest BCUT2D eigenvalue weighted by Crippen LogP contribution is 2.42. The van der Waals surface area contributed by atoms with Crippen LogP contribution in [0.25, 0.3) is 11.1 Å². The lowest BCUT2D eigenvalue weighted by molar-refractivity contribution is -0.126. The minimum Gasteiger partial charge on any atom is -0.331 e. The number of guanidine groups is 1. The molecule has 194 valence electrons. The van der Waals surface area contributed by atoms with Crippen LogP contribution in [0.1, 0.15) is 31.7 Å². The number of carbonyl (C=O) groups is 1. The fraction of sp³-hybridized carbons (Fsp3) is 0.300. The van der Waals surface area contributed by atoms with Gasteiger partial charge >= 0.3 is 0 Å². The van der Waals surface area contributed by atoms with Crippen molar-refractivity contribution in [1.82, 2.24) is 15.6 Å². The maximum absolute atomic E-state index is 13.4. The summed E-state index contributed by atoms with van der Waals surface area (Å²) in [5, 5.41) is 10.5. The molecule has 0 saturated carbocycles. The van der Waals surface area contributed by atoms with Crippen molar-refractivity contribution in [3.05, 3.63) is 89.9 Å². The van der Waals surface area contributed by atoms with Crippen LogP contribution in [0.3, 0.4) is 0 Å². The van der Waals surface area contributed by atoms with Gasteiger partial charge in [0.25, 0.3) is 0 Å². The van der Waals surface area contributed by atoms with Crippen LogP contribution >= 0.6 is 11.6 Å². The molecule has 1 aromatic heterocycles. The number of aliphatic imine (C=N–C) groups is 1. The largest absolute Gasteiger partial charge is 0.331 e. The molecule has 2 saturated heterocycles. The molecular formula is C30H31ClN6O. The molecule has 0 radical (unpaired) electrons. The van der Waals surface area contributed by atoms with E-state index in [2.05, 4.69) is 45.2 Å². The van der Waals surface area contributed by atoms with E-state index in [9.17, 15) is 4.79 Å². The van der Waals surface area contributed by atoms with Gasteiger partial charge in [-0.25, -0.2) is 4.99 Å². The van der Waals surface area contributed by atoms with Crippen molar-refractivity contribution in [3.8, 4) is 11.1 Å². The first kappa shape index (κ1) is 24.6. The summed E-state index contributed by atoms with van der Waals surface area (Å²) in [7, 11) is 0. The highest BCUT2D eigenvalue weighted by Gasteiger charge is 2.47. The van der Waals surface area contributed by atoms with Gasteiger partial charge in [-0.3, -0.25) is 9.78 Å². The first-order valence-corrected chi connectivity index (χ1v) is 13.5. The van der Waals surface area contributed by atoms with Gasteiger partial charge in [0.1, 0.15) is 5.54 Å². The van der Waals surface area contributed by atoms with Crippen molar-refractivity contribution >= 4 is 34.8 Å². The average molecular weight is 527 g/mol. The quantitative estimate of drug-likeness (QED) is 0.434. The highest BCUT2D eigenvalue weighted by atomic mass is 35.5. The van der Waals surface area contributed by atoms with Gasteiger partial charge in [-0.1, -0.05) is 60.1 Å². The molecule has 3 aliphatic rings. The molecule has 0 aliphatic carbocycles. The zero-order valence-electron chi connectivity index (χ0n) is 21.4. The summed E-state index contributed by atoms with van der Waals surface area (Å²) in [6, 6.07) is 20.5. The Hall–Kier alpha value is -3.68. The second kappa shape index (κ2) is 9.89. The van der Waals surface area contributed by atoms with Gasteiger partial charge in [-0.2, -0.15) is 0 Å². The standard InChI is InChI=1S/C30H31ClN6O/c1-29(23-9-5-8-22(16-23)21-6-3-2-4-7-21)26(31)20-34-28(36-29)35-24-17-25(19-33-18-24)37-15-12-30(27(37)38)10-13-32-14-11-30/h2-9,16-20,32H,10-15H2,1H3,(H2,34,35,36). The number of nitrogens with zero attached hydrogens (tertiary/aromatic N) is 3. The van der Waals surface area contributed by atoms with Crippen molar-refractivity contribution in [2.75, 3.05) is 29.9 Å². The van der Waals surface area contributed by atoms with E-state index in [1.54, 1.807) is 18.6 Å². The fourth-order valence-electron chi connectivity index (χ4n) is 5.70. The molecule has 3 aliphatic heterocycles. The summed E-state index contributed by atoms with van der Waals surface area (Å²) in [5.74, 6) is 0.773. The van der Waals surface area contributed by atoms with Crippen LogP contribution in [0.15, 0.2) is 89.3 Å². The van der Waals surface area contributed by atoms with Gasteiger partial charge in [0.2, 0.25) is 11.9 Å². The molecule has 2 fully saturated rings. The van der Waals surface area contributed by atoms with E-state index in [0.717, 1.165) is 67.0 Å². The van der Waals surface area contributed by atoms with Gasteiger partial charge in [0, 0.05) is 12.7 Å². The molecule has 38 heavy (non-hydrogen) atoms. The van der Waals surface area contributed by atoms with Crippen molar-refractivity contribution in [2.24, 2.45) is 10.4 Å². The summed E-state index contributed by atoms with van der Waals surface area (Å²) in [5.41, 5.74) is 3.79. The Kier molecular flexibility index (Phi) is 6.41. The number of anilines is 2. The molecule has 1 spiro atoms. The van der Waals surface area contributed by atoms with Crippen LogP contribution in [0.2, 0.25) is 0 Å². The fourth-order valence-corrected chi connectivity index (χ4v) is 5.90. The molecule has 1 amide bonds. The average Bonchev–Trinajstić information content (AvgIpc) is 3.26. The molecule has 3 N–H and O–H groups in total. The summed E-state index contributed by atoms with van der Waals surface area (Å²) < 4.78 is 0. The number of rotatable bonds is 4. The Labute approximate surface area is 228 Å². The van der Waals surface area contributed by atoms with E-state index in [4.69, 9.17) is 16.6 Å². The maximum Gasteiger partial charge on any atom is 0.233 e. The van der Waals surface area contributed by atoms with E-state index in [1.807, 2.05) is 48.2 Å². The Balaban J connectivity index is 1.24. The van der Waals surface area contributed by atoms with E-state index in [0.29, 0.717) is 11.0 Å². The van der Waals surface area contributed by atoms with Crippen LogP contribution in [0.5, 0.6) is 0 Å². The summed E-state index contributed by atoms with van der Waals surface area (Å²) in [6.07, 6.45) is 7.95. The number of piperidine rings is 1. The molecule has 2 aromatic carbocycles. The van der Waals surface area contributed by atoms with Crippen LogP contribution in [0.4, 0.5) is 11.4 Å². The number of amides is 1. The van der Waals surface area contributed by atoms with Crippen LogP contribution < -0.4 is 20.9 Å². The Morgan fingerprint density at radius 3 is 2.58 bits per heavy atom. The number of pyridine rings is 1. The smallest absolute Gasteiger partial charge is 0.233 e. The zero-order valence-corrected chi connectivity index (χ0v) is 22.1. The van der Waals surface area contributed by atoms with Crippen molar-refractivity contribution in [2.45, 2.75) is 31.7 Å². The first-order valence-electron chi connectivity index (χ1n) is 13.1. The minimum absolute atomic E-state index is 0.215. The number of benzene rings is 2. The Bertz CT molecular complexity index is 1420. The normalized spacial score (nSPS) is 22.6. The summed E-state index contributed by atoms with van der Waals surface area (Å²) in [4.78, 5) is 24.7. The second-order valence-corrected chi connectivity index (χ2v) is 10.8. The number of hydrogen-bond acceptors (Lipinski definition) is 6. The lowest BCUT2D eigenvalue weighted by Crippen LogP contribution is -2.42. The molecule has 3 aromatic rings. The van der Waals surface area contributed by atoms with E-state index in [1.165, 1.54) is 0 Å². The number of carbonyl (C=O) groups excluding carboxylic acids is 1. The first-order chi connectivity index (χ1) is 18.5. The van der Waals surface area contributed by atoms with Crippen LogP contribution in [-0.4, -0.2) is 36.5 Å². The molecule has 8 heteroatoms. The lowest BCUT2D eigenvalue weighted by atomic mass is 9.78. The molecule has 1 unspecified atom stereocenters. The highest BCUT2D eigenvalue weighted by molar-refractivity contribution is 6.31. The number of aromatic nitrogens is 1. The molecule has 6 rings (SSSR count). The topological polar surface area (TPSA) is 81.7 Å². The van der Waals surface area contributed by atoms with E-state index in [-0.39, 0.29) is 11.3 Å². The molecule has 0 bridgehead atoms. The van der Waals surface area contributed by atoms with Gasteiger partial charge < -0.3 is 20.9 Å².